The van der Waals surface area contributed by atoms with E-state index in [1.54, 1.807) is 0 Å². The molecule has 0 spiro atoms. The number of rotatable bonds is 6. The van der Waals surface area contributed by atoms with E-state index in [1.165, 1.54) is 5.56 Å². The molecule has 20 heavy (non-hydrogen) atoms. The molecule has 2 heteroatoms. The molecule has 0 N–H and O–H groups in total. The SMILES string of the molecule is CCC(Cc1ccccc1)OC(=O)Cc1ccccc1. The molecule has 0 saturated heterocycles. The van der Waals surface area contributed by atoms with Gasteiger partial charge in [0.15, 0.2) is 0 Å². The van der Waals surface area contributed by atoms with Crippen LogP contribution in [0, 0.1) is 0 Å². The number of esters is 1. The molecule has 0 amide bonds. The first-order valence-corrected chi connectivity index (χ1v) is 7.05. The van der Waals surface area contributed by atoms with Crippen molar-refractivity contribution in [3.05, 3.63) is 71.8 Å². The van der Waals surface area contributed by atoms with Crippen LogP contribution >= 0.6 is 0 Å². The molecule has 0 heterocycles. The normalized spacial score (nSPS) is 11.8. The summed E-state index contributed by atoms with van der Waals surface area (Å²) >= 11 is 0. The fraction of sp³-hybridized carbons (Fsp3) is 0.278. The molecule has 2 nitrogen and oxygen atoms in total. The molecular weight excluding hydrogens is 248 g/mol. The summed E-state index contributed by atoms with van der Waals surface area (Å²) in [5.41, 5.74) is 2.19. The second-order valence-corrected chi connectivity index (χ2v) is 4.87. The lowest BCUT2D eigenvalue weighted by molar-refractivity contribution is -0.148. The highest BCUT2D eigenvalue weighted by molar-refractivity contribution is 5.72. The molecule has 104 valence electrons. The maximum Gasteiger partial charge on any atom is 0.310 e. The Balaban J connectivity index is 1.88. The van der Waals surface area contributed by atoms with Crippen molar-refractivity contribution in [2.24, 2.45) is 0 Å². The van der Waals surface area contributed by atoms with Gasteiger partial charge in [0, 0.05) is 6.42 Å². The molecule has 0 aliphatic rings. The van der Waals surface area contributed by atoms with Crippen LogP contribution in [0.5, 0.6) is 0 Å². The maximum absolute atomic E-state index is 11.9. The first-order valence-electron chi connectivity index (χ1n) is 7.05. The van der Waals surface area contributed by atoms with Crippen molar-refractivity contribution in [1.82, 2.24) is 0 Å². The minimum atomic E-state index is -0.154. The van der Waals surface area contributed by atoms with Crippen LogP contribution in [0.4, 0.5) is 0 Å². The van der Waals surface area contributed by atoms with Crippen molar-refractivity contribution in [2.75, 3.05) is 0 Å². The van der Waals surface area contributed by atoms with Crippen molar-refractivity contribution < 1.29 is 9.53 Å². The molecule has 2 aromatic carbocycles. The highest BCUT2D eigenvalue weighted by atomic mass is 16.5. The van der Waals surface area contributed by atoms with Crippen molar-refractivity contribution >= 4 is 5.97 Å². The Hall–Kier alpha value is -2.09. The Morgan fingerprint density at radius 3 is 2.05 bits per heavy atom. The van der Waals surface area contributed by atoms with Crippen LogP contribution in [0.25, 0.3) is 0 Å². The van der Waals surface area contributed by atoms with Crippen LogP contribution in [-0.2, 0) is 22.4 Å². The molecule has 0 radical (unpaired) electrons. The van der Waals surface area contributed by atoms with Crippen LogP contribution in [0.2, 0.25) is 0 Å². The zero-order valence-electron chi connectivity index (χ0n) is 11.8. The van der Waals surface area contributed by atoms with E-state index >= 15 is 0 Å². The lowest BCUT2D eigenvalue weighted by Crippen LogP contribution is -2.21. The van der Waals surface area contributed by atoms with Gasteiger partial charge in [0.05, 0.1) is 6.42 Å². The Bertz CT molecular complexity index is 520. The molecular formula is C18H20O2. The fourth-order valence-corrected chi connectivity index (χ4v) is 2.14. The summed E-state index contributed by atoms with van der Waals surface area (Å²) in [4.78, 5) is 11.9. The number of carbonyl (C=O) groups excluding carboxylic acids is 1. The van der Waals surface area contributed by atoms with Crippen LogP contribution in [0.3, 0.4) is 0 Å². The van der Waals surface area contributed by atoms with E-state index in [0.29, 0.717) is 6.42 Å². The van der Waals surface area contributed by atoms with Crippen LogP contribution < -0.4 is 0 Å². The number of hydrogen-bond donors (Lipinski definition) is 0. The first kappa shape index (κ1) is 14.3. The largest absolute Gasteiger partial charge is 0.462 e. The van der Waals surface area contributed by atoms with Gasteiger partial charge < -0.3 is 4.74 Å². The standard InChI is InChI=1S/C18H20O2/c1-2-17(13-15-9-5-3-6-10-15)20-18(19)14-16-11-7-4-8-12-16/h3-12,17H,2,13-14H2,1H3. The van der Waals surface area contributed by atoms with Crippen molar-refractivity contribution in [1.29, 1.82) is 0 Å². The van der Waals surface area contributed by atoms with E-state index in [0.717, 1.165) is 18.4 Å². The molecule has 0 bridgehead atoms. The zero-order valence-corrected chi connectivity index (χ0v) is 11.8. The molecule has 2 rings (SSSR count). The van der Waals surface area contributed by atoms with Gasteiger partial charge in [-0.1, -0.05) is 67.6 Å². The number of carbonyl (C=O) groups is 1. The van der Waals surface area contributed by atoms with Crippen molar-refractivity contribution in [3.8, 4) is 0 Å². The van der Waals surface area contributed by atoms with Gasteiger partial charge >= 0.3 is 5.97 Å². The summed E-state index contributed by atoms with van der Waals surface area (Å²) in [6, 6.07) is 19.8. The quantitative estimate of drug-likeness (QED) is 0.745. The maximum atomic E-state index is 11.9. The van der Waals surface area contributed by atoms with Crippen molar-refractivity contribution in [3.63, 3.8) is 0 Å². The predicted molar refractivity (Wildman–Crippen MR) is 80.5 cm³/mol. The molecule has 0 aliphatic heterocycles. The Morgan fingerprint density at radius 2 is 1.50 bits per heavy atom. The molecule has 1 unspecified atom stereocenters. The number of benzene rings is 2. The first-order chi connectivity index (χ1) is 9.78. The third-order valence-electron chi connectivity index (χ3n) is 3.25. The Labute approximate surface area is 120 Å². The average molecular weight is 268 g/mol. The van der Waals surface area contributed by atoms with E-state index in [1.807, 2.05) is 55.5 Å². The lowest BCUT2D eigenvalue weighted by Gasteiger charge is -2.16. The van der Waals surface area contributed by atoms with Gasteiger partial charge in [-0.25, -0.2) is 0 Å². The minimum absolute atomic E-state index is 0.0476. The molecule has 0 fully saturated rings. The molecule has 0 saturated carbocycles. The molecule has 2 aromatic rings. The smallest absolute Gasteiger partial charge is 0.310 e. The lowest BCUT2D eigenvalue weighted by atomic mass is 10.1. The third-order valence-corrected chi connectivity index (χ3v) is 3.25. The second-order valence-electron chi connectivity index (χ2n) is 4.87. The van der Waals surface area contributed by atoms with Crippen LogP contribution in [0.15, 0.2) is 60.7 Å². The van der Waals surface area contributed by atoms with E-state index in [9.17, 15) is 4.79 Å². The number of ether oxygens (including phenoxy) is 1. The summed E-state index contributed by atoms with van der Waals surface area (Å²) in [6.07, 6.45) is 1.90. The minimum Gasteiger partial charge on any atom is -0.462 e. The van der Waals surface area contributed by atoms with Gasteiger partial charge in [-0.05, 0) is 17.5 Å². The summed E-state index contributed by atoms with van der Waals surface area (Å²) in [7, 11) is 0. The monoisotopic (exact) mass is 268 g/mol. The Morgan fingerprint density at radius 1 is 0.950 bits per heavy atom. The predicted octanol–water partition coefficient (Wildman–Crippen LogP) is 3.79. The van der Waals surface area contributed by atoms with E-state index in [-0.39, 0.29) is 12.1 Å². The second kappa shape index (κ2) is 7.49. The summed E-state index contributed by atoms with van der Waals surface area (Å²) in [5.74, 6) is -0.154. The number of hydrogen-bond acceptors (Lipinski definition) is 2. The van der Waals surface area contributed by atoms with Gasteiger partial charge in [0.1, 0.15) is 6.10 Å². The van der Waals surface area contributed by atoms with E-state index in [2.05, 4.69) is 12.1 Å². The molecule has 0 aromatic heterocycles. The summed E-state index contributed by atoms with van der Waals surface area (Å²) < 4.78 is 5.57. The van der Waals surface area contributed by atoms with Crippen LogP contribution in [0.1, 0.15) is 24.5 Å². The third kappa shape index (κ3) is 4.54. The highest BCUT2D eigenvalue weighted by Crippen LogP contribution is 2.10. The topological polar surface area (TPSA) is 26.3 Å². The van der Waals surface area contributed by atoms with Gasteiger partial charge in [-0.3, -0.25) is 4.79 Å². The summed E-state index contributed by atoms with van der Waals surface area (Å²) in [5, 5.41) is 0. The van der Waals surface area contributed by atoms with E-state index in [4.69, 9.17) is 4.74 Å². The molecule has 1 atom stereocenters. The van der Waals surface area contributed by atoms with Crippen LogP contribution in [-0.4, -0.2) is 12.1 Å². The fourth-order valence-electron chi connectivity index (χ4n) is 2.14. The average Bonchev–Trinajstić information content (AvgIpc) is 2.48. The van der Waals surface area contributed by atoms with Gasteiger partial charge in [-0.2, -0.15) is 0 Å². The highest BCUT2D eigenvalue weighted by Gasteiger charge is 2.13. The Kier molecular flexibility index (Phi) is 5.36. The summed E-state index contributed by atoms with van der Waals surface area (Å²) in [6.45, 7) is 2.05. The van der Waals surface area contributed by atoms with Gasteiger partial charge in [0.25, 0.3) is 0 Å². The van der Waals surface area contributed by atoms with Gasteiger partial charge in [0.2, 0.25) is 0 Å². The van der Waals surface area contributed by atoms with Crippen molar-refractivity contribution in [2.45, 2.75) is 32.3 Å². The van der Waals surface area contributed by atoms with E-state index < -0.39 is 0 Å². The zero-order chi connectivity index (χ0) is 14.2. The van der Waals surface area contributed by atoms with Gasteiger partial charge in [-0.15, -0.1) is 0 Å². The molecule has 0 aliphatic carbocycles.